The predicted octanol–water partition coefficient (Wildman–Crippen LogP) is 1.59. The minimum Gasteiger partial charge on any atom is -0.465 e. The number of aromatic nitrogens is 2. The van der Waals surface area contributed by atoms with Gasteiger partial charge in [-0.05, 0) is 32.4 Å². The smallest absolute Gasteiger partial charge is 0.459 e. The van der Waals surface area contributed by atoms with Crippen LogP contribution in [0.5, 0.6) is 5.75 Å². The Balaban J connectivity index is 1.67. The van der Waals surface area contributed by atoms with Gasteiger partial charge in [0.15, 0.2) is 18.0 Å². The van der Waals surface area contributed by atoms with E-state index >= 15 is 4.39 Å². The SMILES string of the molecule is C[C@@H]1N[P@](=O)(Oc2ccccc2)OC[C@H]2O[C@@H](n3ccc(=O)[nH]c3=O)[C@](C)(F)[C@@H]2OC(=O)CCCOC1=O. The quantitative estimate of drug-likeness (QED) is 0.417. The van der Waals surface area contributed by atoms with Crippen molar-refractivity contribution in [2.45, 2.75) is 56.8 Å². The number of esters is 2. The lowest BCUT2D eigenvalue weighted by atomic mass is 9.98. The first-order chi connectivity index (χ1) is 18.0. The molecule has 2 saturated heterocycles. The number of ether oxygens (including phenoxy) is 3. The molecule has 0 bridgehead atoms. The zero-order valence-corrected chi connectivity index (χ0v) is 21.4. The molecule has 0 aliphatic carbocycles. The Hall–Kier alpha value is -3.32. The molecule has 2 aliphatic heterocycles. The minimum absolute atomic E-state index is 0.0794. The maximum absolute atomic E-state index is 16.2. The third kappa shape index (κ3) is 6.21. The molecule has 38 heavy (non-hydrogen) atoms. The number of rotatable bonds is 3. The molecule has 13 nitrogen and oxygen atoms in total. The number of alkyl halides is 1. The molecule has 4 rings (SSSR count). The molecule has 0 unspecified atom stereocenters. The van der Waals surface area contributed by atoms with Gasteiger partial charge in [0, 0.05) is 18.7 Å². The van der Waals surface area contributed by atoms with Crippen molar-refractivity contribution >= 4 is 19.7 Å². The van der Waals surface area contributed by atoms with Gasteiger partial charge in [0.2, 0.25) is 0 Å². The van der Waals surface area contributed by atoms with Crippen molar-refractivity contribution in [3.8, 4) is 5.75 Å². The molecule has 1 aromatic heterocycles. The van der Waals surface area contributed by atoms with Crippen LogP contribution >= 0.6 is 7.75 Å². The van der Waals surface area contributed by atoms with Crippen LogP contribution in [0, 0.1) is 0 Å². The van der Waals surface area contributed by atoms with E-state index in [1.807, 2.05) is 4.98 Å². The highest BCUT2D eigenvalue weighted by molar-refractivity contribution is 7.52. The Morgan fingerprint density at radius 2 is 1.89 bits per heavy atom. The van der Waals surface area contributed by atoms with Crippen molar-refractivity contribution in [3.05, 3.63) is 63.4 Å². The number of aromatic amines is 1. The van der Waals surface area contributed by atoms with Crippen molar-refractivity contribution in [3.63, 3.8) is 0 Å². The van der Waals surface area contributed by atoms with Crippen molar-refractivity contribution in [1.29, 1.82) is 0 Å². The van der Waals surface area contributed by atoms with Crippen molar-refractivity contribution in [1.82, 2.24) is 14.6 Å². The molecule has 0 spiro atoms. The van der Waals surface area contributed by atoms with Crippen LogP contribution in [-0.2, 0) is 32.9 Å². The molecule has 2 aromatic rings. The van der Waals surface area contributed by atoms with Gasteiger partial charge in [-0.25, -0.2) is 13.8 Å². The largest absolute Gasteiger partial charge is 0.465 e. The van der Waals surface area contributed by atoms with Gasteiger partial charge in [-0.1, -0.05) is 18.2 Å². The first-order valence-corrected chi connectivity index (χ1v) is 13.3. The zero-order valence-electron chi connectivity index (χ0n) is 20.5. The number of hydrogen-bond acceptors (Lipinski definition) is 10. The van der Waals surface area contributed by atoms with Crippen molar-refractivity contribution in [2.24, 2.45) is 0 Å². The van der Waals surface area contributed by atoms with E-state index in [1.165, 1.54) is 19.1 Å². The monoisotopic (exact) mass is 555 g/mol. The Kier molecular flexibility index (Phi) is 8.16. The van der Waals surface area contributed by atoms with Crippen molar-refractivity contribution in [2.75, 3.05) is 13.2 Å². The molecule has 2 N–H and O–H groups in total. The summed E-state index contributed by atoms with van der Waals surface area (Å²) in [5.74, 6) is -1.43. The number of hydrogen-bond donors (Lipinski definition) is 2. The average Bonchev–Trinajstić information content (AvgIpc) is 3.10. The summed E-state index contributed by atoms with van der Waals surface area (Å²) in [6.07, 6.45) is -3.68. The lowest BCUT2D eigenvalue weighted by Gasteiger charge is -2.28. The summed E-state index contributed by atoms with van der Waals surface area (Å²) in [6.45, 7) is 1.67. The van der Waals surface area contributed by atoms with Crippen LogP contribution in [0.25, 0.3) is 0 Å². The summed E-state index contributed by atoms with van der Waals surface area (Å²) in [5.41, 5.74) is -4.14. The molecule has 6 atom stereocenters. The van der Waals surface area contributed by atoms with Crippen LogP contribution in [0.2, 0.25) is 0 Å². The second kappa shape index (κ2) is 11.2. The maximum atomic E-state index is 16.2. The van der Waals surface area contributed by atoms with Crippen LogP contribution in [0.4, 0.5) is 4.39 Å². The third-order valence-corrected chi connectivity index (χ3v) is 7.54. The van der Waals surface area contributed by atoms with Gasteiger partial charge in [0.05, 0.1) is 13.2 Å². The van der Waals surface area contributed by atoms with Crippen LogP contribution < -0.4 is 20.9 Å². The molecule has 3 heterocycles. The highest BCUT2D eigenvalue weighted by Gasteiger charge is 2.58. The molecule has 0 amide bonds. The Bertz CT molecular complexity index is 1330. The average molecular weight is 555 g/mol. The molecule has 206 valence electrons. The predicted molar refractivity (Wildman–Crippen MR) is 128 cm³/mol. The summed E-state index contributed by atoms with van der Waals surface area (Å²) in [6, 6.07) is 7.83. The molecular formula is C23H27FN3O10P. The normalized spacial score (nSPS) is 32.9. The fourth-order valence-corrected chi connectivity index (χ4v) is 5.53. The van der Waals surface area contributed by atoms with Gasteiger partial charge in [0.1, 0.15) is 17.9 Å². The fraction of sp³-hybridized carbons (Fsp3) is 0.478. The number of halogens is 1. The Morgan fingerprint density at radius 1 is 1.16 bits per heavy atom. The number of carbonyl (C=O) groups excluding carboxylic acids is 2. The zero-order chi connectivity index (χ0) is 27.5. The molecule has 2 aliphatic rings. The second-order valence-electron chi connectivity index (χ2n) is 8.93. The van der Waals surface area contributed by atoms with E-state index in [2.05, 4.69) is 5.09 Å². The number of fused-ring (bicyclic) bond motifs is 1. The number of nitrogens with one attached hydrogen (secondary N) is 2. The number of cyclic esters (lactones) is 1. The first-order valence-electron chi connectivity index (χ1n) is 11.8. The first kappa shape index (κ1) is 27.7. The van der Waals surface area contributed by atoms with E-state index in [0.29, 0.717) is 0 Å². The lowest BCUT2D eigenvalue weighted by molar-refractivity contribution is -0.159. The van der Waals surface area contributed by atoms with Crippen LogP contribution in [0.1, 0.15) is 32.9 Å². The van der Waals surface area contributed by atoms with E-state index in [1.54, 1.807) is 18.2 Å². The van der Waals surface area contributed by atoms with Gasteiger partial charge in [-0.2, -0.15) is 5.09 Å². The molecule has 2 fully saturated rings. The number of benzene rings is 1. The van der Waals surface area contributed by atoms with Crippen LogP contribution in [-0.4, -0.2) is 58.6 Å². The summed E-state index contributed by atoms with van der Waals surface area (Å²) < 4.78 is 58.0. The van der Waals surface area contributed by atoms with Gasteiger partial charge in [-0.15, -0.1) is 0 Å². The van der Waals surface area contributed by atoms with Crippen molar-refractivity contribution < 1.29 is 41.8 Å². The Labute approximate surface area is 215 Å². The van der Waals surface area contributed by atoms with E-state index in [-0.39, 0.29) is 25.2 Å². The third-order valence-electron chi connectivity index (χ3n) is 5.90. The highest BCUT2D eigenvalue weighted by Crippen LogP contribution is 2.48. The van der Waals surface area contributed by atoms with Gasteiger partial charge in [0.25, 0.3) is 5.56 Å². The summed E-state index contributed by atoms with van der Waals surface area (Å²) >= 11 is 0. The van der Waals surface area contributed by atoms with E-state index in [4.69, 9.17) is 23.3 Å². The Morgan fingerprint density at radius 3 is 2.61 bits per heavy atom. The van der Waals surface area contributed by atoms with Gasteiger partial charge >= 0.3 is 25.4 Å². The lowest BCUT2D eigenvalue weighted by Crippen LogP contribution is -2.46. The van der Waals surface area contributed by atoms with E-state index in [9.17, 15) is 23.7 Å². The van der Waals surface area contributed by atoms with E-state index in [0.717, 1.165) is 23.8 Å². The molecular weight excluding hydrogens is 528 g/mol. The second-order valence-corrected chi connectivity index (χ2v) is 10.6. The number of carbonyl (C=O) groups is 2. The van der Waals surface area contributed by atoms with E-state index < -0.39 is 67.7 Å². The fourth-order valence-electron chi connectivity index (χ4n) is 4.03. The molecule has 1 aromatic carbocycles. The molecule has 0 radical (unpaired) electrons. The molecule has 15 heteroatoms. The number of nitrogens with zero attached hydrogens (tertiary/aromatic N) is 1. The minimum atomic E-state index is -4.33. The summed E-state index contributed by atoms with van der Waals surface area (Å²) in [4.78, 5) is 50.8. The highest BCUT2D eigenvalue weighted by atomic mass is 31.2. The molecule has 0 saturated carbocycles. The maximum Gasteiger partial charge on any atom is 0.459 e. The van der Waals surface area contributed by atoms with Gasteiger partial charge < -0.3 is 18.7 Å². The topological polar surface area (TPSA) is 164 Å². The summed E-state index contributed by atoms with van der Waals surface area (Å²) in [7, 11) is -4.33. The van der Waals surface area contributed by atoms with Crippen LogP contribution in [0.15, 0.2) is 52.2 Å². The van der Waals surface area contributed by atoms with Crippen LogP contribution in [0.3, 0.4) is 0 Å². The van der Waals surface area contributed by atoms with Gasteiger partial charge in [-0.3, -0.25) is 28.5 Å². The number of H-pyrrole nitrogens is 1. The summed E-state index contributed by atoms with van der Waals surface area (Å²) in [5, 5.41) is 2.50. The standard InChI is InChI=1S/C23H27FN3O10P/c1-14-20(30)33-12-6-9-18(29)36-19-16(13-34-38(32,26-14)37-15-7-4-3-5-8-15)35-21(23(19,2)24)27-11-10-17(28)25-22(27)31/h3-5,7-8,10-11,14,16,19,21H,6,9,12-13H2,1-2H3,(H,26,32)(H,25,28,31)/t14-,16+,19+,21+,23+,38+/m0/s1. The number of para-hydroxylation sites is 1.